The van der Waals surface area contributed by atoms with Gasteiger partial charge in [-0.05, 0) is 33.3 Å². The summed E-state index contributed by atoms with van der Waals surface area (Å²) in [4.78, 5) is 24.4. The largest absolute Gasteiger partial charge is 0.456 e. The number of Topliss-reactive ketones (excluding diaryl/α,β-unsaturated/α-hetero) is 1. The summed E-state index contributed by atoms with van der Waals surface area (Å²) in [6.45, 7) is 6.92. The molecule has 96 valence electrons. The van der Waals surface area contributed by atoms with Crippen molar-refractivity contribution in [1.82, 2.24) is 0 Å². The summed E-state index contributed by atoms with van der Waals surface area (Å²) in [5.41, 5.74) is -0.909. The smallest absolute Gasteiger partial charge is 0.319 e. The SMILES string of the molecule is CC1(C)C(=O)O[C@H](c2ccccc2)C(C)(C)C1=O. The molecule has 1 heterocycles. The van der Waals surface area contributed by atoms with Gasteiger partial charge in [0.2, 0.25) is 0 Å². The number of carbonyl (C=O) groups is 2. The van der Waals surface area contributed by atoms with E-state index in [1.165, 1.54) is 0 Å². The Hall–Kier alpha value is -1.64. The Bertz CT molecular complexity index is 486. The number of carbonyl (C=O) groups excluding carboxylic acids is 2. The first-order valence-electron chi connectivity index (χ1n) is 6.09. The lowest BCUT2D eigenvalue weighted by Crippen LogP contribution is -2.52. The van der Waals surface area contributed by atoms with E-state index < -0.39 is 22.9 Å². The van der Waals surface area contributed by atoms with Crippen LogP contribution in [-0.2, 0) is 14.3 Å². The molecule has 0 radical (unpaired) electrons. The zero-order valence-corrected chi connectivity index (χ0v) is 11.2. The van der Waals surface area contributed by atoms with E-state index in [2.05, 4.69) is 0 Å². The fourth-order valence-electron chi connectivity index (χ4n) is 2.53. The first-order valence-corrected chi connectivity index (χ1v) is 6.09. The molecular formula is C15H18O3. The summed E-state index contributed by atoms with van der Waals surface area (Å²) in [6.07, 6.45) is -0.508. The number of benzene rings is 1. The third-order valence-electron chi connectivity index (χ3n) is 3.65. The Kier molecular flexibility index (Phi) is 2.80. The Morgan fingerprint density at radius 3 is 2.11 bits per heavy atom. The molecular weight excluding hydrogens is 228 g/mol. The molecule has 3 heteroatoms. The van der Waals surface area contributed by atoms with E-state index in [0.29, 0.717) is 0 Å². The molecule has 1 fully saturated rings. The second kappa shape index (κ2) is 3.94. The van der Waals surface area contributed by atoms with Crippen molar-refractivity contribution in [3.05, 3.63) is 35.9 Å². The van der Waals surface area contributed by atoms with Gasteiger partial charge in [0.25, 0.3) is 0 Å². The third-order valence-corrected chi connectivity index (χ3v) is 3.65. The fraction of sp³-hybridized carbons (Fsp3) is 0.467. The van der Waals surface area contributed by atoms with Gasteiger partial charge >= 0.3 is 5.97 Å². The zero-order valence-electron chi connectivity index (χ0n) is 11.2. The normalized spacial score (nSPS) is 25.7. The van der Waals surface area contributed by atoms with E-state index in [-0.39, 0.29) is 5.78 Å². The standard InChI is InChI=1S/C15H18O3/c1-14(2)11(10-8-6-5-7-9-10)18-13(17)15(3,4)12(14)16/h5-9,11H,1-4H3/t11-/m1/s1. The van der Waals surface area contributed by atoms with Crippen LogP contribution >= 0.6 is 0 Å². The first kappa shape index (κ1) is 12.8. The number of cyclic esters (lactones) is 1. The number of esters is 1. The van der Waals surface area contributed by atoms with E-state index in [1.54, 1.807) is 13.8 Å². The molecule has 1 aromatic carbocycles. The molecule has 1 aromatic rings. The van der Waals surface area contributed by atoms with Crippen LogP contribution < -0.4 is 0 Å². The zero-order chi connectivity index (χ0) is 13.6. The second-order valence-corrected chi connectivity index (χ2v) is 5.87. The molecule has 0 unspecified atom stereocenters. The average molecular weight is 246 g/mol. The molecule has 1 aliphatic heterocycles. The maximum Gasteiger partial charge on any atom is 0.319 e. The maximum absolute atomic E-state index is 12.5. The van der Waals surface area contributed by atoms with E-state index >= 15 is 0 Å². The van der Waals surface area contributed by atoms with Gasteiger partial charge in [0, 0.05) is 0 Å². The van der Waals surface area contributed by atoms with Crippen molar-refractivity contribution in [3.63, 3.8) is 0 Å². The van der Waals surface area contributed by atoms with Crippen molar-refractivity contribution >= 4 is 11.8 Å². The fourth-order valence-corrected chi connectivity index (χ4v) is 2.53. The van der Waals surface area contributed by atoms with Crippen molar-refractivity contribution in [2.45, 2.75) is 33.8 Å². The predicted octanol–water partition coefficient (Wildman–Crippen LogP) is 2.91. The monoisotopic (exact) mass is 246 g/mol. The van der Waals surface area contributed by atoms with E-state index in [9.17, 15) is 9.59 Å². The molecule has 0 bridgehead atoms. The molecule has 1 atom stereocenters. The van der Waals surface area contributed by atoms with Gasteiger partial charge in [0.1, 0.15) is 11.5 Å². The van der Waals surface area contributed by atoms with Crippen LogP contribution in [0.3, 0.4) is 0 Å². The van der Waals surface area contributed by atoms with Crippen LogP contribution in [0.1, 0.15) is 39.4 Å². The van der Waals surface area contributed by atoms with Gasteiger partial charge in [-0.25, -0.2) is 0 Å². The van der Waals surface area contributed by atoms with Crippen LogP contribution in [0, 0.1) is 10.8 Å². The number of hydrogen-bond donors (Lipinski definition) is 0. The summed E-state index contributed by atoms with van der Waals surface area (Å²) >= 11 is 0. The average Bonchev–Trinajstić information content (AvgIpc) is 2.33. The van der Waals surface area contributed by atoms with Gasteiger partial charge in [-0.3, -0.25) is 9.59 Å². The molecule has 1 saturated heterocycles. The van der Waals surface area contributed by atoms with Crippen molar-refractivity contribution in [2.75, 3.05) is 0 Å². The lowest BCUT2D eigenvalue weighted by molar-refractivity contribution is -0.186. The highest BCUT2D eigenvalue weighted by Gasteiger charge is 2.55. The van der Waals surface area contributed by atoms with E-state index in [4.69, 9.17) is 4.74 Å². The first-order chi connectivity index (χ1) is 8.28. The summed E-state index contributed by atoms with van der Waals surface area (Å²) in [6, 6.07) is 9.41. The van der Waals surface area contributed by atoms with Gasteiger partial charge in [0.15, 0.2) is 5.78 Å². The number of hydrogen-bond acceptors (Lipinski definition) is 3. The molecule has 18 heavy (non-hydrogen) atoms. The lowest BCUT2D eigenvalue weighted by atomic mass is 9.67. The lowest BCUT2D eigenvalue weighted by Gasteiger charge is -2.43. The Morgan fingerprint density at radius 1 is 1.00 bits per heavy atom. The minimum absolute atomic E-state index is 0.0693. The minimum Gasteiger partial charge on any atom is -0.456 e. The van der Waals surface area contributed by atoms with Gasteiger partial charge in [0.05, 0.1) is 5.41 Å². The Balaban J connectivity index is 2.46. The third kappa shape index (κ3) is 1.74. The summed E-state index contributed by atoms with van der Waals surface area (Å²) in [7, 11) is 0. The molecule has 0 saturated carbocycles. The summed E-state index contributed by atoms with van der Waals surface area (Å²) in [5, 5.41) is 0. The molecule has 0 N–H and O–H groups in total. The van der Waals surface area contributed by atoms with E-state index in [1.807, 2.05) is 44.2 Å². The second-order valence-electron chi connectivity index (χ2n) is 5.87. The van der Waals surface area contributed by atoms with Gasteiger partial charge in [-0.1, -0.05) is 30.3 Å². The molecule has 0 aliphatic carbocycles. The number of rotatable bonds is 1. The maximum atomic E-state index is 12.5. The van der Waals surface area contributed by atoms with Gasteiger partial charge in [-0.15, -0.1) is 0 Å². The molecule has 2 rings (SSSR count). The van der Waals surface area contributed by atoms with Crippen molar-refractivity contribution in [3.8, 4) is 0 Å². The molecule has 0 aromatic heterocycles. The molecule has 1 aliphatic rings. The van der Waals surface area contributed by atoms with Crippen LogP contribution in [0.15, 0.2) is 30.3 Å². The highest BCUT2D eigenvalue weighted by molar-refractivity contribution is 6.07. The van der Waals surface area contributed by atoms with Crippen molar-refractivity contribution < 1.29 is 14.3 Å². The Labute approximate surface area is 107 Å². The van der Waals surface area contributed by atoms with Gasteiger partial charge in [-0.2, -0.15) is 0 Å². The molecule has 3 nitrogen and oxygen atoms in total. The molecule has 0 amide bonds. The number of ether oxygens (including phenoxy) is 1. The highest BCUT2D eigenvalue weighted by atomic mass is 16.5. The highest BCUT2D eigenvalue weighted by Crippen LogP contribution is 2.47. The van der Waals surface area contributed by atoms with Crippen molar-refractivity contribution in [1.29, 1.82) is 0 Å². The van der Waals surface area contributed by atoms with Gasteiger partial charge < -0.3 is 4.74 Å². The number of ketones is 1. The predicted molar refractivity (Wildman–Crippen MR) is 67.8 cm³/mol. The van der Waals surface area contributed by atoms with Crippen molar-refractivity contribution in [2.24, 2.45) is 10.8 Å². The molecule has 0 spiro atoms. The van der Waals surface area contributed by atoms with Crippen LogP contribution in [0.5, 0.6) is 0 Å². The quantitative estimate of drug-likeness (QED) is 0.565. The topological polar surface area (TPSA) is 43.4 Å². The van der Waals surface area contributed by atoms with Crippen LogP contribution in [0.4, 0.5) is 0 Å². The minimum atomic E-state index is -1.06. The van der Waals surface area contributed by atoms with E-state index in [0.717, 1.165) is 5.56 Å². The Morgan fingerprint density at radius 2 is 1.56 bits per heavy atom. The van der Waals surface area contributed by atoms with Crippen LogP contribution in [-0.4, -0.2) is 11.8 Å². The summed E-state index contributed by atoms with van der Waals surface area (Å²) < 4.78 is 5.51. The summed E-state index contributed by atoms with van der Waals surface area (Å²) in [5.74, 6) is -0.513. The van der Waals surface area contributed by atoms with Crippen LogP contribution in [0.2, 0.25) is 0 Å². The van der Waals surface area contributed by atoms with Crippen LogP contribution in [0.25, 0.3) is 0 Å².